The summed E-state index contributed by atoms with van der Waals surface area (Å²) in [5.74, 6) is -0.180. The van der Waals surface area contributed by atoms with Gasteiger partial charge in [-0.3, -0.25) is 9.59 Å². The number of aryl methyl sites for hydroxylation is 1. The lowest BCUT2D eigenvalue weighted by Gasteiger charge is -2.30. The normalized spacial score (nSPS) is 11.9. The summed E-state index contributed by atoms with van der Waals surface area (Å²) in [5.41, 5.74) is 3.11. The molecule has 2 aromatic carbocycles. The minimum Gasteiger partial charge on any atom is -0.352 e. The number of nitrogens with one attached hydrogen (secondary N) is 1. The van der Waals surface area contributed by atoms with E-state index < -0.39 is 6.04 Å². The second kappa shape index (κ2) is 9.18. The van der Waals surface area contributed by atoms with Crippen molar-refractivity contribution in [3.63, 3.8) is 0 Å². The first-order chi connectivity index (χ1) is 12.4. The molecular weight excluding hydrogens is 324 g/mol. The molecule has 138 valence electrons. The summed E-state index contributed by atoms with van der Waals surface area (Å²) in [6.07, 6.45) is 0.284. The fraction of sp³-hybridized carbons (Fsp3) is 0.364. The maximum Gasteiger partial charge on any atom is 0.242 e. The third-order valence-corrected chi connectivity index (χ3v) is 4.40. The van der Waals surface area contributed by atoms with Gasteiger partial charge in [0.25, 0.3) is 0 Å². The smallest absolute Gasteiger partial charge is 0.242 e. The second-order valence-electron chi connectivity index (χ2n) is 6.95. The Morgan fingerprint density at radius 2 is 1.58 bits per heavy atom. The Bertz CT molecular complexity index is 741. The fourth-order valence-electron chi connectivity index (χ4n) is 2.83. The molecule has 2 aromatic rings. The highest BCUT2D eigenvalue weighted by Crippen LogP contribution is 2.15. The van der Waals surface area contributed by atoms with Crippen molar-refractivity contribution in [3.05, 3.63) is 71.3 Å². The van der Waals surface area contributed by atoms with Gasteiger partial charge in [0.2, 0.25) is 11.8 Å². The molecule has 1 atom stereocenters. The Morgan fingerprint density at radius 3 is 2.19 bits per heavy atom. The molecule has 0 spiro atoms. The highest BCUT2D eigenvalue weighted by atomic mass is 16.2. The van der Waals surface area contributed by atoms with Crippen LogP contribution in [-0.4, -0.2) is 28.8 Å². The Hall–Kier alpha value is -2.62. The second-order valence-corrected chi connectivity index (χ2v) is 6.95. The molecule has 0 heterocycles. The number of carbonyl (C=O) groups excluding carboxylic acids is 2. The van der Waals surface area contributed by atoms with E-state index >= 15 is 0 Å². The van der Waals surface area contributed by atoms with Gasteiger partial charge in [0.15, 0.2) is 0 Å². The van der Waals surface area contributed by atoms with Crippen molar-refractivity contribution in [2.24, 2.45) is 0 Å². The van der Waals surface area contributed by atoms with Gasteiger partial charge >= 0.3 is 0 Å². The van der Waals surface area contributed by atoms with Crippen molar-refractivity contribution in [1.29, 1.82) is 0 Å². The zero-order valence-electron chi connectivity index (χ0n) is 16.0. The average Bonchev–Trinajstić information content (AvgIpc) is 2.60. The summed E-state index contributed by atoms with van der Waals surface area (Å²) >= 11 is 0. The van der Waals surface area contributed by atoms with Crippen LogP contribution in [0, 0.1) is 6.92 Å². The first-order valence-electron chi connectivity index (χ1n) is 9.06. The van der Waals surface area contributed by atoms with Gasteiger partial charge in [0, 0.05) is 12.6 Å². The van der Waals surface area contributed by atoms with Crippen molar-refractivity contribution >= 4 is 11.8 Å². The molecule has 0 saturated carbocycles. The van der Waals surface area contributed by atoms with Gasteiger partial charge in [-0.2, -0.15) is 0 Å². The fourth-order valence-corrected chi connectivity index (χ4v) is 2.83. The van der Waals surface area contributed by atoms with E-state index in [-0.39, 0.29) is 24.3 Å². The van der Waals surface area contributed by atoms with Gasteiger partial charge in [-0.15, -0.1) is 0 Å². The molecule has 0 aliphatic heterocycles. The largest absolute Gasteiger partial charge is 0.352 e. The molecule has 0 saturated heterocycles. The lowest BCUT2D eigenvalue weighted by Crippen LogP contribution is -2.49. The van der Waals surface area contributed by atoms with Crippen LogP contribution in [0.25, 0.3) is 0 Å². The molecule has 2 amide bonds. The van der Waals surface area contributed by atoms with Crippen molar-refractivity contribution in [1.82, 2.24) is 10.2 Å². The van der Waals surface area contributed by atoms with E-state index in [1.165, 1.54) is 0 Å². The van der Waals surface area contributed by atoms with E-state index in [9.17, 15) is 9.59 Å². The Balaban J connectivity index is 2.23. The zero-order valence-corrected chi connectivity index (χ0v) is 16.0. The van der Waals surface area contributed by atoms with Gasteiger partial charge in [0.1, 0.15) is 6.04 Å². The van der Waals surface area contributed by atoms with Crippen LogP contribution in [0.1, 0.15) is 37.5 Å². The molecule has 0 aliphatic rings. The molecule has 4 nitrogen and oxygen atoms in total. The molecule has 4 heteroatoms. The van der Waals surface area contributed by atoms with Crippen LogP contribution in [0.2, 0.25) is 0 Å². The molecule has 0 unspecified atom stereocenters. The SMILES string of the molecule is Cc1ccccc1CN(C(=O)Cc1ccccc1)[C@@H](C)C(=O)NC(C)C. The third kappa shape index (κ3) is 5.45. The van der Waals surface area contributed by atoms with Crippen molar-refractivity contribution in [2.45, 2.75) is 52.7 Å². The Labute approximate surface area is 156 Å². The predicted octanol–water partition coefficient (Wildman–Crippen LogP) is 3.48. The van der Waals surface area contributed by atoms with E-state index in [4.69, 9.17) is 0 Å². The summed E-state index contributed by atoms with van der Waals surface area (Å²) in [6.45, 7) is 8.07. The molecule has 26 heavy (non-hydrogen) atoms. The van der Waals surface area contributed by atoms with Gasteiger partial charge in [-0.25, -0.2) is 0 Å². The summed E-state index contributed by atoms with van der Waals surface area (Å²) in [6, 6.07) is 17.1. The standard InChI is InChI=1S/C22H28N2O2/c1-16(2)23-22(26)18(4)24(15-20-13-9-8-10-17(20)3)21(25)14-19-11-6-5-7-12-19/h5-13,16,18H,14-15H2,1-4H3,(H,23,26)/t18-/m0/s1. The van der Waals surface area contributed by atoms with Crippen LogP contribution in [-0.2, 0) is 22.6 Å². The third-order valence-electron chi connectivity index (χ3n) is 4.40. The minimum atomic E-state index is -0.534. The van der Waals surface area contributed by atoms with Crippen LogP contribution in [0.4, 0.5) is 0 Å². The van der Waals surface area contributed by atoms with Crippen LogP contribution < -0.4 is 5.32 Å². The van der Waals surface area contributed by atoms with Crippen LogP contribution >= 0.6 is 0 Å². The van der Waals surface area contributed by atoms with Gasteiger partial charge < -0.3 is 10.2 Å². The maximum atomic E-state index is 13.0. The van der Waals surface area contributed by atoms with Gasteiger partial charge in [0.05, 0.1) is 6.42 Å². The molecule has 0 bridgehead atoms. The lowest BCUT2D eigenvalue weighted by molar-refractivity contribution is -0.140. The van der Waals surface area contributed by atoms with Crippen molar-refractivity contribution in [2.75, 3.05) is 0 Å². The monoisotopic (exact) mass is 352 g/mol. The van der Waals surface area contributed by atoms with E-state index in [1.807, 2.05) is 75.4 Å². The quantitative estimate of drug-likeness (QED) is 0.829. The number of carbonyl (C=O) groups is 2. The summed E-state index contributed by atoms with van der Waals surface area (Å²) in [5, 5.41) is 2.91. The van der Waals surface area contributed by atoms with E-state index in [0.717, 1.165) is 16.7 Å². The molecule has 2 rings (SSSR count). The maximum absolute atomic E-state index is 13.0. The molecule has 0 aliphatic carbocycles. The highest BCUT2D eigenvalue weighted by molar-refractivity contribution is 5.88. The van der Waals surface area contributed by atoms with Crippen molar-refractivity contribution in [3.8, 4) is 0 Å². The lowest BCUT2D eigenvalue weighted by atomic mass is 10.1. The summed E-state index contributed by atoms with van der Waals surface area (Å²) < 4.78 is 0. The van der Waals surface area contributed by atoms with Gasteiger partial charge in [-0.1, -0.05) is 54.6 Å². The predicted molar refractivity (Wildman–Crippen MR) is 105 cm³/mol. The molecule has 0 radical (unpaired) electrons. The number of hydrogen-bond donors (Lipinski definition) is 1. The van der Waals surface area contributed by atoms with E-state index in [2.05, 4.69) is 5.32 Å². The molecule has 1 N–H and O–H groups in total. The topological polar surface area (TPSA) is 49.4 Å². The molecule has 0 fully saturated rings. The van der Waals surface area contributed by atoms with E-state index in [1.54, 1.807) is 11.8 Å². The first-order valence-corrected chi connectivity index (χ1v) is 9.06. The minimum absolute atomic E-state index is 0.0366. The first kappa shape index (κ1) is 19.7. The van der Waals surface area contributed by atoms with E-state index in [0.29, 0.717) is 6.54 Å². The van der Waals surface area contributed by atoms with Crippen LogP contribution in [0.15, 0.2) is 54.6 Å². The summed E-state index contributed by atoms with van der Waals surface area (Å²) in [4.78, 5) is 27.2. The molecular formula is C22H28N2O2. The zero-order chi connectivity index (χ0) is 19.1. The van der Waals surface area contributed by atoms with Crippen LogP contribution in [0.5, 0.6) is 0 Å². The summed E-state index contributed by atoms with van der Waals surface area (Å²) in [7, 11) is 0. The van der Waals surface area contributed by atoms with Gasteiger partial charge in [-0.05, 0) is 44.4 Å². The van der Waals surface area contributed by atoms with Crippen molar-refractivity contribution < 1.29 is 9.59 Å². The molecule has 0 aromatic heterocycles. The number of nitrogens with zero attached hydrogens (tertiary/aromatic N) is 1. The Morgan fingerprint density at radius 1 is 0.962 bits per heavy atom. The number of amides is 2. The number of benzene rings is 2. The highest BCUT2D eigenvalue weighted by Gasteiger charge is 2.26. The Kier molecular flexibility index (Phi) is 6.96. The number of hydrogen-bond acceptors (Lipinski definition) is 2. The van der Waals surface area contributed by atoms with Crippen LogP contribution in [0.3, 0.4) is 0 Å². The average molecular weight is 352 g/mol. The number of rotatable bonds is 7.